The summed E-state index contributed by atoms with van der Waals surface area (Å²) in [5, 5.41) is 3.67. The number of anilines is 1. The fraction of sp³-hybridized carbons (Fsp3) is 0.381. The molecule has 28 heavy (non-hydrogen) atoms. The highest BCUT2D eigenvalue weighted by Crippen LogP contribution is 2.39. The minimum atomic E-state index is -0.107. The number of hydrogen-bond acceptors (Lipinski definition) is 5. The first-order valence-corrected chi connectivity index (χ1v) is 11.6. The Hall–Kier alpha value is -1.99. The fourth-order valence-corrected chi connectivity index (χ4v) is 4.79. The van der Waals surface area contributed by atoms with Gasteiger partial charge in [0.25, 0.3) is 5.91 Å². The van der Waals surface area contributed by atoms with Gasteiger partial charge in [-0.05, 0) is 48.6 Å². The molecule has 1 aliphatic heterocycles. The van der Waals surface area contributed by atoms with Gasteiger partial charge in [-0.1, -0.05) is 30.8 Å². The number of aromatic nitrogens is 1. The molecule has 7 heteroatoms. The van der Waals surface area contributed by atoms with Gasteiger partial charge in [0.15, 0.2) is 0 Å². The lowest BCUT2D eigenvalue weighted by Crippen LogP contribution is -2.35. The molecule has 0 aliphatic carbocycles. The molecule has 1 N–H and O–H groups in total. The Balaban J connectivity index is 1.62. The standard InChI is InChI=1S/C21H25N3O2S2/c1-2-14-27-15-6-12-22-19(25)10-13-24-17-8-3-4-9-18(17)28-20-16(21(24)26)7-5-11-23-20/h3-5,7-9,11H,2,6,10,12-15H2,1H3,(H,22,25). The van der Waals surface area contributed by atoms with Crippen LogP contribution in [0.4, 0.5) is 5.69 Å². The lowest BCUT2D eigenvalue weighted by molar-refractivity contribution is -0.120. The third-order valence-electron chi connectivity index (χ3n) is 4.31. The number of benzene rings is 1. The summed E-state index contributed by atoms with van der Waals surface area (Å²) in [6, 6.07) is 11.3. The Morgan fingerprint density at radius 3 is 2.93 bits per heavy atom. The van der Waals surface area contributed by atoms with E-state index < -0.39 is 0 Å². The Labute approximate surface area is 174 Å². The number of fused-ring (bicyclic) bond motifs is 2. The predicted octanol–water partition coefficient (Wildman–Crippen LogP) is 4.23. The van der Waals surface area contributed by atoms with Crippen LogP contribution in [0.25, 0.3) is 0 Å². The predicted molar refractivity (Wildman–Crippen MR) is 116 cm³/mol. The van der Waals surface area contributed by atoms with Crippen molar-refractivity contribution in [1.82, 2.24) is 10.3 Å². The van der Waals surface area contributed by atoms with Crippen LogP contribution in [-0.4, -0.2) is 41.4 Å². The maximum atomic E-state index is 13.1. The van der Waals surface area contributed by atoms with Gasteiger partial charge in [0.05, 0.1) is 11.3 Å². The molecule has 1 aromatic carbocycles. The van der Waals surface area contributed by atoms with E-state index in [2.05, 4.69) is 17.2 Å². The van der Waals surface area contributed by atoms with Crippen LogP contribution in [0.5, 0.6) is 0 Å². The molecule has 0 spiro atoms. The van der Waals surface area contributed by atoms with E-state index >= 15 is 0 Å². The molecule has 5 nitrogen and oxygen atoms in total. The number of nitrogens with one attached hydrogen (secondary N) is 1. The molecule has 2 aromatic rings. The van der Waals surface area contributed by atoms with Gasteiger partial charge in [-0.3, -0.25) is 9.59 Å². The topological polar surface area (TPSA) is 62.3 Å². The summed E-state index contributed by atoms with van der Waals surface area (Å²) in [5.41, 5.74) is 1.41. The van der Waals surface area contributed by atoms with Crippen molar-refractivity contribution in [3.8, 4) is 0 Å². The lowest BCUT2D eigenvalue weighted by atomic mass is 10.2. The van der Waals surface area contributed by atoms with Gasteiger partial charge in [0, 0.05) is 30.6 Å². The van der Waals surface area contributed by atoms with E-state index in [9.17, 15) is 9.59 Å². The zero-order valence-corrected chi connectivity index (χ0v) is 17.7. The summed E-state index contributed by atoms with van der Waals surface area (Å²) in [4.78, 5) is 32.4. The van der Waals surface area contributed by atoms with E-state index in [0.29, 0.717) is 23.7 Å². The van der Waals surface area contributed by atoms with Gasteiger partial charge < -0.3 is 10.2 Å². The molecule has 0 radical (unpaired) electrons. The molecular weight excluding hydrogens is 390 g/mol. The maximum Gasteiger partial charge on any atom is 0.261 e. The molecule has 148 valence electrons. The van der Waals surface area contributed by atoms with Crippen molar-refractivity contribution in [1.29, 1.82) is 0 Å². The number of amides is 2. The molecule has 0 unspecified atom stereocenters. The molecule has 3 rings (SSSR count). The van der Waals surface area contributed by atoms with E-state index in [1.165, 1.54) is 23.9 Å². The zero-order chi connectivity index (χ0) is 19.8. The Morgan fingerprint density at radius 1 is 1.21 bits per heavy atom. The van der Waals surface area contributed by atoms with Gasteiger partial charge in [-0.15, -0.1) is 0 Å². The van der Waals surface area contributed by atoms with Crippen molar-refractivity contribution < 1.29 is 9.59 Å². The summed E-state index contributed by atoms with van der Waals surface area (Å²) < 4.78 is 0. The number of para-hydroxylation sites is 1. The number of carbonyl (C=O) groups is 2. The largest absolute Gasteiger partial charge is 0.356 e. The van der Waals surface area contributed by atoms with E-state index in [0.717, 1.165) is 22.8 Å². The third-order valence-corrected chi connectivity index (χ3v) is 6.67. The highest BCUT2D eigenvalue weighted by Gasteiger charge is 2.27. The zero-order valence-electron chi connectivity index (χ0n) is 16.0. The maximum absolute atomic E-state index is 13.1. The van der Waals surface area contributed by atoms with Crippen LogP contribution in [0.3, 0.4) is 0 Å². The average Bonchev–Trinajstić information content (AvgIpc) is 2.83. The SMILES string of the molecule is CCCSCCCNC(=O)CCN1C(=O)c2cccnc2Sc2ccccc21. The molecule has 0 saturated carbocycles. The Kier molecular flexibility index (Phi) is 7.80. The molecule has 1 aromatic heterocycles. The van der Waals surface area contributed by atoms with Crippen LogP contribution in [0.2, 0.25) is 0 Å². The van der Waals surface area contributed by atoms with Crippen LogP contribution in [0.1, 0.15) is 36.5 Å². The quantitative estimate of drug-likeness (QED) is 0.621. The number of rotatable bonds is 9. The smallest absolute Gasteiger partial charge is 0.261 e. The lowest BCUT2D eigenvalue weighted by Gasteiger charge is -2.22. The van der Waals surface area contributed by atoms with Gasteiger partial charge in [-0.2, -0.15) is 11.8 Å². The minimum Gasteiger partial charge on any atom is -0.356 e. The number of carbonyl (C=O) groups excluding carboxylic acids is 2. The fourth-order valence-electron chi connectivity index (χ4n) is 2.93. The monoisotopic (exact) mass is 415 g/mol. The summed E-state index contributed by atoms with van der Waals surface area (Å²) in [5.74, 6) is 2.10. The van der Waals surface area contributed by atoms with Gasteiger partial charge in [0.2, 0.25) is 5.91 Å². The van der Waals surface area contributed by atoms with Crippen LogP contribution in [-0.2, 0) is 4.79 Å². The number of nitrogens with zero attached hydrogens (tertiary/aromatic N) is 2. The molecule has 0 saturated heterocycles. The van der Waals surface area contributed by atoms with Crippen LogP contribution in [0, 0.1) is 0 Å². The summed E-state index contributed by atoms with van der Waals surface area (Å²) >= 11 is 3.41. The number of pyridine rings is 1. The van der Waals surface area contributed by atoms with Gasteiger partial charge in [0.1, 0.15) is 5.03 Å². The van der Waals surface area contributed by atoms with Crippen molar-refractivity contribution in [2.75, 3.05) is 29.5 Å². The molecule has 0 atom stereocenters. The number of thioether (sulfide) groups is 1. The van der Waals surface area contributed by atoms with Crippen molar-refractivity contribution in [2.45, 2.75) is 36.1 Å². The van der Waals surface area contributed by atoms with Crippen LogP contribution in [0.15, 0.2) is 52.5 Å². The van der Waals surface area contributed by atoms with E-state index in [1.54, 1.807) is 23.2 Å². The summed E-state index contributed by atoms with van der Waals surface area (Å²) in [7, 11) is 0. The highest BCUT2D eigenvalue weighted by atomic mass is 32.2. The molecule has 2 amide bonds. The second-order valence-corrected chi connectivity index (χ2v) is 8.70. The minimum absolute atomic E-state index is 0.0194. The first-order valence-electron chi connectivity index (χ1n) is 9.59. The third kappa shape index (κ3) is 5.29. The molecular formula is C21H25N3O2S2. The van der Waals surface area contributed by atoms with Crippen molar-refractivity contribution >= 4 is 41.0 Å². The Bertz CT molecular complexity index is 829. The van der Waals surface area contributed by atoms with E-state index in [-0.39, 0.29) is 18.2 Å². The van der Waals surface area contributed by atoms with Crippen molar-refractivity contribution in [3.05, 3.63) is 48.2 Å². The van der Waals surface area contributed by atoms with Crippen LogP contribution >= 0.6 is 23.5 Å². The second kappa shape index (κ2) is 10.5. The summed E-state index contributed by atoms with van der Waals surface area (Å²) in [6.45, 7) is 3.20. The van der Waals surface area contributed by atoms with Crippen molar-refractivity contribution in [2.24, 2.45) is 0 Å². The molecule has 1 aliphatic rings. The number of hydrogen-bond donors (Lipinski definition) is 1. The Morgan fingerprint density at radius 2 is 2.07 bits per heavy atom. The second-order valence-electron chi connectivity index (χ2n) is 6.45. The van der Waals surface area contributed by atoms with Gasteiger partial charge in [-0.25, -0.2) is 4.98 Å². The van der Waals surface area contributed by atoms with Crippen molar-refractivity contribution in [3.63, 3.8) is 0 Å². The first kappa shape index (κ1) is 20.7. The van der Waals surface area contributed by atoms with Gasteiger partial charge >= 0.3 is 0 Å². The average molecular weight is 416 g/mol. The van der Waals surface area contributed by atoms with E-state index in [4.69, 9.17) is 0 Å². The highest BCUT2D eigenvalue weighted by molar-refractivity contribution is 7.99. The van der Waals surface area contributed by atoms with Crippen LogP contribution < -0.4 is 10.2 Å². The first-order chi connectivity index (χ1) is 13.7. The molecule has 0 bridgehead atoms. The van der Waals surface area contributed by atoms with E-state index in [1.807, 2.05) is 36.0 Å². The molecule has 2 heterocycles. The summed E-state index contributed by atoms with van der Waals surface area (Å²) in [6.07, 6.45) is 4.13. The normalized spacial score (nSPS) is 12.9. The molecule has 0 fully saturated rings.